The van der Waals surface area contributed by atoms with Crippen molar-refractivity contribution in [1.29, 1.82) is 0 Å². The molecule has 2 rings (SSSR count). The zero-order valence-electron chi connectivity index (χ0n) is 9.10. The lowest BCUT2D eigenvalue weighted by Crippen LogP contribution is -2.46. The number of rotatable bonds is 1. The minimum atomic E-state index is -0.232. The van der Waals surface area contributed by atoms with Gasteiger partial charge in [0.2, 0.25) is 0 Å². The summed E-state index contributed by atoms with van der Waals surface area (Å²) in [5.74, 6) is 0.0925. The average Bonchev–Trinajstić information content (AvgIpc) is 2.32. The van der Waals surface area contributed by atoms with Gasteiger partial charge >= 0.3 is 0 Å². The lowest BCUT2D eigenvalue weighted by atomic mass is 10.3. The van der Waals surface area contributed by atoms with Gasteiger partial charge in [-0.15, -0.1) is 0 Å². The number of aromatic hydroxyl groups is 1. The second kappa shape index (κ2) is 4.44. The van der Waals surface area contributed by atoms with E-state index in [2.05, 4.69) is 15.3 Å². The van der Waals surface area contributed by atoms with Crippen LogP contribution in [0.15, 0.2) is 6.20 Å². The Kier molecular flexibility index (Phi) is 3.00. The number of aromatic nitrogens is 2. The summed E-state index contributed by atoms with van der Waals surface area (Å²) in [7, 11) is 0. The zero-order valence-corrected chi connectivity index (χ0v) is 9.10. The first-order valence-electron chi connectivity index (χ1n) is 5.21. The molecule has 1 aromatic heterocycles. The summed E-state index contributed by atoms with van der Waals surface area (Å²) in [5, 5.41) is 12.7. The molecule has 1 fully saturated rings. The van der Waals surface area contributed by atoms with Gasteiger partial charge in [0, 0.05) is 26.2 Å². The molecule has 1 aromatic rings. The first-order valence-corrected chi connectivity index (χ1v) is 5.21. The summed E-state index contributed by atoms with van der Waals surface area (Å²) >= 11 is 0. The van der Waals surface area contributed by atoms with Gasteiger partial charge in [0.05, 0.1) is 6.20 Å². The van der Waals surface area contributed by atoms with Crippen molar-refractivity contribution < 1.29 is 9.90 Å². The van der Waals surface area contributed by atoms with Crippen molar-refractivity contribution in [3.05, 3.63) is 17.7 Å². The minimum absolute atomic E-state index is 0.0920. The molecule has 2 heterocycles. The quantitative estimate of drug-likeness (QED) is 0.672. The van der Waals surface area contributed by atoms with Crippen LogP contribution in [0.5, 0.6) is 5.75 Å². The molecule has 1 amide bonds. The van der Waals surface area contributed by atoms with Crippen LogP contribution in [0, 0.1) is 6.92 Å². The van der Waals surface area contributed by atoms with Crippen molar-refractivity contribution in [3.63, 3.8) is 0 Å². The monoisotopic (exact) mass is 222 g/mol. The number of aryl methyl sites for hydroxylation is 1. The molecular weight excluding hydrogens is 208 g/mol. The maximum Gasteiger partial charge on any atom is 0.276 e. The van der Waals surface area contributed by atoms with Gasteiger partial charge in [-0.3, -0.25) is 4.79 Å². The Bertz CT molecular complexity index is 402. The fourth-order valence-corrected chi connectivity index (χ4v) is 1.64. The molecule has 0 atom stereocenters. The zero-order chi connectivity index (χ0) is 11.5. The Labute approximate surface area is 93.3 Å². The number of hydrogen-bond donors (Lipinski definition) is 2. The van der Waals surface area contributed by atoms with E-state index in [1.807, 2.05) is 0 Å². The van der Waals surface area contributed by atoms with Gasteiger partial charge in [0.25, 0.3) is 5.91 Å². The van der Waals surface area contributed by atoms with Crippen LogP contribution in [-0.2, 0) is 0 Å². The average molecular weight is 222 g/mol. The molecule has 6 heteroatoms. The molecule has 6 nitrogen and oxygen atoms in total. The van der Waals surface area contributed by atoms with E-state index in [4.69, 9.17) is 0 Å². The van der Waals surface area contributed by atoms with Gasteiger partial charge in [-0.25, -0.2) is 9.97 Å². The predicted octanol–water partition coefficient (Wildman–Crippen LogP) is -0.464. The molecule has 0 spiro atoms. The van der Waals surface area contributed by atoms with E-state index >= 15 is 0 Å². The first kappa shape index (κ1) is 10.8. The highest BCUT2D eigenvalue weighted by Crippen LogP contribution is 2.15. The summed E-state index contributed by atoms with van der Waals surface area (Å²) in [6, 6.07) is 0. The van der Waals surface area contributed by atoms with E-state index in [0.29, 0.717) is 18.9 Å². The SMILES string of the molecule is Cc1ncc(O)c(C(=O)N2CCNCC2)n1. The van der Waals surface area contributed by atoms with Crippen molar-refractivity contribution in [2.75, 3.05) is 26.2 Å². The molecule has 0 aromatic carbocycles. The lowest BCUT2D eigenvalue weighted by molar-refractivity contribution is 0.0726. The van der Waals surface area contributed by atoms with E-state index in [1.54, 1.807) is 11.8 Å². The Morgan fingerprint density at radius 1 is 1.50 bits per heavy atom. The third kappa shape index (κ3) is 2.11. The second-order valence-corrected chi connectivity index (χ2v) is 3.69. The number of nitrogens with zero attached hydrogens (tertiary/aromatic N) is 3. The summed E-state index contributed by atoms with van der Waals surface area (Å²) in [6.07, 6.45) is 1.26. The fourth-order valence-electron chi connectivity index (χ4n) is 1.64. The molecule has 1 aliphatic heterocycles. The van der Waals surface area contributed by atoms with Gasteiger partial charge in [-0.05, 0) is 6.92 Å². The summed E-state index contributed by atoms with van der Waals surface area (Å²) in [5.41, 5.74) is 0.0920. The van der Waals surface area contributed by atoms with Crippen LogP contribution in [0.1, 0.15) is 16.3 Å². The molecule has 16 heavy (non-hydrogen) atoms. The highest BCUT2D eigenvalue weighted by molar-refractivity contribution is 5.94. The Hall–Kier alpha value is -1.69. The van der Waals surface area contributed by atoms with Crippen molar-refractivity contribution in [2.24, 2.45) is 0 Å². The summed E-state index contributed by atoms with van der Waals surface area (Å²) in [4.78, 5) is 21.5. The number of carbonyl (C=O) groups is 1. The third-order valence-corrected chi connectivity index (χ3v) is 2.50. The van der Waals surface area contributed by atoms with Crippen molar-refractivity contribution >= 4 is 5.91 Å². The standard InChI is InChI=1S/C10H14N4O2/c1-7-12-6-8(15)9(13-7)10(16)14-4-2-11-3-5-14/h6,11,15H,2-5H2,1H3. The van der Waals surface area contributed by atoms with Crippen LogP contribution in [0.3, 0.4) is 0 Å². The van der Waals surface area contributed by atoms with Gasteiger partial charge < -0.3 is 15.3 Å². The molecular formula is C10H14N4O2. The van der Waals surface area contributed by atoms with Crippen LogP contribution < -0.4 is 5.32 Å². The highest BCUT2D eigenvalue weighted by atomic mass is 16.3. The molecule has 1 aliphatic rings. The third-order valence-electron chi connectivity index (χ3n) is 2.50. The molecule has 0 aliphatic carbocycles. The fraction of sp³-hybridized carbons (Fsp3) is 0.500. The molecule has 0 unspecified atom stereocenters. The van der Waals surface area contributed by atoms with Gasteiger partial charge in [-0.1, -0.05) is 0 Å². The maximum atomic E-state index is 12.0. The Morgan fingerprint density at radius 2 is 2.19 bits per heavy atom. The molecule has 0 radical (unpaired) electrons. The van der Waals surface area contributed by atoms with E-state index in [1.165, 1.54) is 6.20 Å². The number of hydrogen-bond acceptors (Lipinski definition) is 5. The van der Waals surface area contributed by atoms with Gasteiger partial charge in [0.15, 0.2) is 11.4 Å². The number of piperazine rings is 1. The molecule has 0 bridgehead atoms. The van der Waals surface area contributed by atoms with E-state index in [-0.39, 0.29) is 17.4 Å². The number of nitrogens with one attached hydrogen (secondary N) is 1. The molecule has 86 valence electrons. The minimum Gasteiger partial charge on any atom is -0.504 e. The lowest BCUT2D eigenvalue weighted by Gasteiger charge is -2.27. The molecule has 0 saturated carbocycles. The summed E-state index contributed by atoms with van der Waals surface area (Å²) in [6.45, 7) is 4.52. The van der Waals surface area contributed by atoms with Crippen molar-refractivity contribution in [2.45, 2.75) is 6.92 Å². The van der Waals surface area contributed by atoms with Crippen LogP contribution in [0.4, 0.5) is 0 Å². The van der Waals surface area contributed by atoms with Crippen LogP contribution in [0.25, 0.3) is 0 Å². The predicted molar refractivity (Wildman–Crippen MR) is 57.2 cm³/mol. The van der Waals surface area contributed by atoms with Crippen LogP contribution in [0.2, 0.25) is 0 Å². The molecule has 1 saturated heterocycles. The number of carbonyl (C=O) groups excluding carboxylic acids is 1. The maximum absolute atomic E-state index is 12.0. The van der Waals surface area contributed by atoms with E-state index in [0.717, 1.165) is 13.1 Å². The number of amides is 1. The second-order valence-electron chi connectivity index (χ2n) is 3.69. The smallest absolute Gasteiger partial charge is 0.276 e. The topological polar surface area (TPSA) is 78.4 Å². The van der Waals surface area contributed by atoms with E-state index < -0.39 is 0 Å². The Morgan fingerprint density at radius 3 is 2.88 bits per heavy atom. The normalized spacial score (nSPS) is 16.2. The highest BCUT2D eigenvalue weighted by Gasteiger charge is 2.22. The van der Waals surface area contributed by atoms with E-state index in [9.17, 15) is 9.90 Å². The first-order chi connectivity index (χ1) is 7.68. The summed E-state index contributed by atoms with van der Waals surface area (Å²) < 4.78 is 0. The largest absolute Gasteiger partial charge is 0.504 e. The van der Waals surface area contributed by atoms with Crippen molar-refractivity contribution in [1.82, 2.24) is 20.2 Å². The van der Waals surface area contributed by atoms with Gasteiger partial charge in [-0.2, -0.15) is 0 Å². The van der Waals surface area contributed by atoms with Crippen LogP contribution >= 0.6 is 0 Å². The van der Waals surface area contributed by atoms with Crippen LogP contribution in [-0.4, -0.2) is 52.1 Å². The van der Waals surface area contributed by atoms with Gasteiger partial charge in [0.1, 0.15) is 5.82 Å². The molecule has 2 N–H and O–H groups in total. The van der Waals surface area contributed by atoms with Crippen molar-refractivity contribution in [3.8, 4) is 5.75 Å². The Balaban J connectivity index is 2.22.